The molecule has 0 aliphatic carbocycles. The number of aliphatic carboxylic acids is 1. The van der Waals surface area contributed by atoms with Crippen LogP contribution in [0.3, 0.4) is 0 Å². The third-order valence-corrected chi connectivity index (χ3v) is 5.69. The van der Waals surface area contributed by atoms with Gasteiger partial charge in [-0.2, -0.15) is 0 Å². The van der Waals surface area contributed by atoms with E-state index in [4.69, 9.17) is 10.2 Å². The number of aliphatic hydroxyl groups is 1. The van der Waals surface area contributed by atoms with Gasteiger partial charge in [-0.15, -0.1) is 11.3 Å². The van der Waals surface area contributed by atoms with Crippen molar-refractivity contribution in [1.82, 2.24) is 0 Å². The van der Waals surface area contributed by atoms with Crippen molar-refractivity contribution < 1.29 is 19.8 Å². The normalized spacial score (nSPS) is 10.2. The summed E-state index contributed by atoms with van der Waals surface area (Å²) >= 11 is 1.58. The minimum Gasteiger partial charge on any atom is -0.478 e. The zero-order chi connectivity index (χ0) is 22.5. The summed E-state index contributed by atoms with van der Waals surface area (Å²) in [6.45, 7) is 6.29. The highest BCUT2D eigenvalue weighted by atomic mass is 32.1. The maximum Gasteiger partial charge on any atom is 0.328 e. The molecule has 160 valence electrons. The number of benzene rings is 2. The average molecular weight is 427 g/mol. The second-order valence-electron chi connectivity index (χ2n) is 6.56. The number of rotatable bonds is 6. The zero-order valence-corrected chi connectivity index (χ0v) is 18.8. The molecule has 2 aromatic carbocycles. The van der Waals surface area contributed by atoms with E-state index in [1.54, 1.807) is 17.4 Å². The average Bonchev–Trinajstić information content (AvgIpc) is 3.10. The number of carbonyl (C=O) groups excluding carboxylic acids is 1. The van der Waals surface area contributed by atoms with Crippen LogP contribution in [0.2, 0.25) is 0 Å². The van der Waals surface area contributed by atoms with E-state index in [-0.39, 0.29) is 0 Å². The number of aldehydes is 1. The van der Waals surface area contributed by atoms with Crippen LogP contribution in [0.1, 0.15) is 52.2 Å². The van der Waals surface area contributed by atoms with Gasteiger partial charge < -0.3 is 10.2 Å². The summed E-state index contributed by atoms with van der Waals surface area (Å²) < 4.78 is 1.22. The van der Waals surface area contributed by atoms with E-state index in [1.807, 2.05) is 31.2 Å². The number of aliphatic hydroxyl groups excluding tert-OH is 1. The van der Waals surface area contributed by atoms with Crippen LogP contribution in [-0.2, 0) is 17.6 Å². The fourth-order valence-electron chi connectivity index (χ4n) is 2.88. The lowest BCUT2D eigenvalue weighted by molar-refractivity contribution is -0.131. The van der Waals surface area contributed by atoms with Crippen LogP contribution in [0.25, 0.3) is 16.2 Å². The number of aryl methyl sites for hydroxylation is 3. The Bertz CT molecular complexity index is 969. The van der Waals surface area contributed by atoms with E-state index in [0.29, 0.717) is 0 Å². The Morgan fingerprint density at radius 3 is 2.20 bits per heavy atom. The van der Waals surface area contributed by atoms with Crippen molar-refractivity contribution in [2.24, 2.45) is 0 Å². The molecule has 3 rings (SSSR count). The van der Waals surface area contributed by atoms with Crippen LogP contribution < -0.4 is 0 Å². The van der Waals surface area contributed by atoms with Gasteiger partial charge in [-0.3, -0.25) is 4.79 Å². The highest BCUT2D eigenvalue weighted by Gasteiger charge is 2.07. The van der Waals surface area contributed by atoms with Gasteiger partial charge in [-0.1, -0.05) is 56.7 Å². The van der Waals surface area contributed by atoms with E-state index in [9.17, 15) is 9.59 Å². The molecule has 0 aliphatic heterocycles. The molecule has 0 aliphatic rings. The summed E-state index contributed by atoms with van der Waals surface area (Å²) in [4.78, 5) is 21.9. The molecule has 0 radical (unpaired) electrons. The van der Waals surface area contributed by atoms with Crippen molar-refractivity contribution in [2.45, 2.75) is 40.0 Å². The predicted octanol–water partition coefficient (Wildman–Crippen LogP) is 5.93. The van der Waals surface area contributed by atoms with Crippen LogP contribution >= 0.6 is 11.3 Å². The molecule has 0 bridgehead atoms. The number of carboxylic acid groups (broad SMARTS) is 1. The van der Waals surface area contributed by atoms with Crippen molar-refractivity contribution in [3.05, 3.63) is 75.7 Å². The van der Waals surface area contributed by atoms with Crippen molar-refractivity contribution in [2.75, 3.05) is 7.11 Å². The van der Waals surface area contributed by atoms with Gasteiger partial charge in [-0.05, 0) is 59.5 Å². The number of thiophene rings is 1. The number of fused-ring (bicyclic) bond motifs is 1. The van der Waals surface area contributed by atoms with Gasteiger partial charge in [0.2, 0.25) is 0 Å². The van der Waals surface area contributed by atoms with E-state index in [0.717, 1.165) is 54.7 Å². The quantitative estimate of drug-likeness (QED) is 0.378. The van der Waals surface area contributed by atoms with Gasteiger partial charge in [-0.25, -0.2) is 4.79 Å². The molecule has 30 heavy (non-hydrogen) atoms. The summed E-state index contributed by atoms with van der Waals surface area (Å²) in [5.41, 5.74) is 4.67. The summed E-state index contributed by atoms with van der Waals surface area (Å²) in [6, 6.07) is 14.3. The molecule has 4 nitrogen and oxygen atoms in total. The number of hydrogen-bond acceptors (Lipinski definition) is 4. The highest BCUT2D eigenvalue weighted by molar-refractivity contribution is 7.20. The van der Waals surface area contributed by atoms with Crippen molar-refractivity contribution in [1.29, 1.82) is 0 Å². The first-order valence-corrected chi connectivity index (χ1v) is 10.7. The van der Waals surface area contributed by atoms with Crippen molar-refractivity contribution >= 4 is 39.8 Å². The highest BCUT2D eigenvalue weighted by Crippen LogP contribution is 2.30. The second kappa shape index (κ2) is 13.5. The van der Waals surface area contributed by atoms with Gasteiger partial charge in [0.15, 0.2) is 6.29 Å². The summed E-state index contributed by atoms with van der Waals surface area (Å²) in [7, 11) is 1.00. The summed E-state index contributed by atoms with van der Waals surface area (Å²) in [5.74, 6) is -0.917. The van der Waals surface area contributed by atoms with Crippen LogP contribution in [0, 0.1) is 6.92 Å². The Balaban J connectivity index is 0.000000280. The molecule has 0 saturated carbocycles. The first kappa shape index (κ1) is 25.3. The van der Waals surface area contributed by atoms with Crippen molar-refractivity contribution in [3.8, 4) is 0 Å². The standard InChI is InChI=1S/C13H14OS.C11H12O2.CH4O/c1-3-4-10-5-6-12-11(7-10)9(2)13(8-14)15-12;1-2-9-3-5-10(6-4-9)7-8-11(12)13;1-2/h5-8H,3-4H2,1-2H3;3-8H,2H2,1H3,(H,12,13);2H,1H3/b;8-7+;. The fraction of sp³-hybridized carbons (Fsp3) is 0.280. The molecule has 0 atom stereocenters. The van der Waals surface area contributed by atoms with Gasteiger partial charge in [0.25, 0.3) is 0 Å². The van der Waals surface area contributed by atoms with Gasteiger partial charge in [0.1, 0.15) is 0 Å². The zero-order valence-electron chi connectivity index (χ0n) is 18.0. The van der Waals surface area contributed by atoms with Crippen LogP contribution in [0.5, 0.6) is 0 Å². The molecule has 1 aromatic heterocycles. The van der Waals surface area contributed by atoms with Crippen LogP contribution in [0.15, 0.2) is 48.5 Å². The number of hydrogen-bond donors (Lipinski definition) is 2. The van der Waals surface area contributed by atoms with Crippen LogP contribution in [0.4, 0.5) is 0 Å². The lowest BCUT2D eigenvalue weighted by Crippen LogP contribution is -1.85. The van der Waals surface area contributed by atoms with E-state index >= 15 is 0 Å². The monoisotopic (exact) mass is 426 g/mol. The Labute approximate surface area is 182 Å². The Hall–Kier alpha value is -2.76. The molecule has 0 fully saturated rings. The Morgan fingerprint density at radius 2 is 1.67 bits per heavy atom. The molecular formula is C25H30O4S. The van der Waals surface area contributed by atoms with Gasteiger partial charge in [0.05, 0.1) is 4.88 Å². The lowest BCUT2D eigenvalue weighted by Gasteiger charge is -1.99. The molecule has 0 amide bonds. The molecule has 1 heterocycles. The Kier molecular flexibility index (Phi) is 11.3. The molecule has 5 heteroatoms. The molecule has 0 spiro atoms. The topological polar surface area (TPSA) is 74.6 Å². The van der Waals surface area contributed by atoms with E-state index in [2.05, 4.69) is 32.0 Å². The Morgan fingerprint density at radius 1 is 1.03 bits per heavy atom. The summed E-state index contributed by atoms with van der Waals surface area (Å²) in [5, 5.41) is 16.6. The SMILES string of the molecule is CCCc1ccc2sc(C=O)c(C)c2c1.CCc1ccc(/C=C/C(=O)O)cc1.CO. The van der Waals surface area contributed by atoms with E-state index < -0.39 is 5.97 Å². The van der Waals surface area contributed by atoms with E-state index in [1.165, 1.54) is 21.2 Å². The third-order valence-electron chi connectivity index (χ3n) is 4.49. The molecular weight excluding hydrogens is 396 g/mol. The van der Waals surface area contributed by atoms with Gasteiger partial charge >= 0.3 is 5.97 Å². The largest absolute Gasteiger partial charge is 0.478 e. The second-order valence-corrected chi connectivity index (χ2v) is 7.64. The molecule has 0 unspecified atom stereocenters. The maximum absolute atomic E-state index is 10.8. The number of carboxylic acids is 1. The maximum atomic E-state index is 10.8. The predicted molar refractivity (Wildman–Crippen MR) is 127 cm³/mol. The minimum absolute atomic E-state index is 0.860. The first-order valence-electron chi connectivity index (χ1n) is 9.90. The fourth-order valence-corrected chi connectivity index (χ4v) is 3.88. The number of carbonyl (C=O) groups is 2. The van der Waals surface area contributed by atoms with Crippen LogP contribution in [-0.4, -0.2) is 29.6 Å². The molecule has 2 N–H and O–H groups in total. The molecule has 0 saturated heterocycles. The minimum atomic E-state index is -0.917. The first-order chi connectivity index (χ1) is 14.5. The molecule has 3 aromatic rings. The third kappa shape index (κ3) is 7.58. The lowest BCUT2D eigenvalue weighted by atomic mass is 10.1. The van der Waals surface area contributed by atoms with Crippen molar-refractivity contribution in [3.63, 3.8) is 0 Å². The smallest absolute Gasteiger partial charge is 0.328 e. The summed E-state index contributed by atoms with van der Waals surface area (Å²) in [6.07, 6.45) is 6.96. The van der Waals surface area contributed by atoms with Gasteiger partial charge in [0, 0.05) is 17.9 Å².